The monoisotopic (exact) mass is 784 g/mol. The van der Waals surface area contributed by atoms with Gasteiger partial charge >= 0.3 is 12.3 Å². The maximum Gasteiger partial charge on any atom is 0.407 e. The number of H-pyrrole nitrogens is 1. The number of carbonyl (C=O) groups excluding carboxylic acids is 2. The number of sulfonamides is 1. The van der Waals surface area contributed by atoms with E-state index < -0.39 is 65.0 Å². The number of methoxy groups -OCH3 is 1. The number of alkyl carbamates (subject to hydrolysis) is 1. The van der Waals surface area contributed by atoms with Gasteiger partial charge in [0.2, 0.25) is 10.0 Å². The molecule has 3 atom stereocenters. The highest BCUT2D eigenvalue weighted by molar-refractivity contribution is 7.89. The number of ketones is 1. The normalized spacial score (nSPS) is 14.3. The van der Waals surface area contributed by atoms with Crippen molar-refractivity contribution >= 4 is 44.3 Å². The molecule has 0 aliphatic carbocycles. The van der Waals surface area contributed by atoms with Crippen molar-refractivity contribution in [3.05, 3.63) is 118 Å². The van der Waals surface area contributed by atoms with Gasteiger partial charge in [-0.15, -0.1) is 11.3 Å². The van der Waals surface area contributed by atoms with E-state index in [2.05, 4.69) is 15.3 Å². The Kier molecular flexibility index (Phi) is 12.7. The second kappa shape index (κ2) is 16.8. The molecule has 5 aromatic rings. The number of nitrogens with zero attached hydrogens (tertiary/aromatic N) is 2. The zero-order valence-corrected chi connectivity index (χ0v) is 31.8. The molecule has 10 nitrogen and oxygen atoms in total. The lowest BCUT2D eigenvalue weighted by atomic mass is 9.81. The number of fused-ring (bicyclic) bond motifs is 1. The number of aromatic amines is 1. The zero-order chi connectivity index (χ0) is 39.3. The molecule has 5 rings (SSSR count). The van der Waals surface area contributed by atoms with Crippen LogP contribution in [0.15, 0.2) is 102 Å². The molecule has 0 aliphatic heterocycles. The summed E-state index contributed by atoms with van der Waals surface area (Å²) in [5.41, 5.74) is 1.89. The molecule has 54 heavy (non-hydrogen) atoms. The Morgan fingerprint density at radius 1 is 0.944 bits per heavy atom. The number of aliphatic hydroxyl groups is 1. The van der Waals surface area contributed by atoms with Gasteiger partial charge in [0, 0.05) is 28.6 Å². The Labute approximate surface area is 316 Å². The van der Waals surface area contributed by atoms with Crippen molar-refractivity contribution in [3.8, 4) is 0 Å². The number of imidazole rings is 1. The number of Topliss-reactive ketones (excluding diaryl/α,β-unsaturated/α-hetero) is 1. The maximum atomic E-state index is 15.0. The molecule has 0 spiro atoms. The predicted octanol–water partition coefficient (Wildman–Crippen LogP) is 7.95. The number of ether oxygens (including phenoxy) is 1. The smallest absolute Gasteiger partial charge is 0.407 e. The lowest BCUT2D eigenvalue weighted by molar-refractivity contribution is -0.156. The number of benzene rings is 3. The summed E-state index contributed by atoms with van der Waals surface area (Å²) in [6.45, 7) is 5.04. The molecule has 2 aromatic heterocycles. The summed E-state index contributed by atoms with van der Waals surface area (Å²) >= 11 is 0.684. The number of nitrogens with one attached hydrogen (secondary N) is 2. The largest absolute Gasteiger partial charge is 0.453 e. The Morgan fingerprint density at radius 2 is 1.56 bits per heavy atom. The summed E-state index contributed by atoms with van der Waals surface area (Å²) < 4.78 is 79.4. The lowest BCUT2D eigenvalue weighted by Crippen LogP contribution is -2.46. The molecular weight excluding hydrogens is 742 g/mol. The van der Waals surface area contributed by atoms with Crippen molar-refractivity contribution in [1.29, 1.82) is 0 Å². The van der Waals surface area contributed by atoms with Crippen molar-refractivity contribution < 1.29 is 41.0 Å². The van der Waals surface area contributed by atoms with E-state index in [1.165, 1.54) is 30.6 Å². The highest BCUT2D eigenvalue weighted by atomic mass is 32.2. The van der Waals surface area contributed by atoms with E-state index in [9.17, 15) is 36.3 Å². The van der Waals surface area contributed by atoms with Crippen LogP contribution >= 0.6 is 11.3 Å². The number of halogens is 3. The fraction of sp³-hybridized carbons (Fsp3) is 0.359. The molecule has 0 bridgehead atoms. The molecule has 2 heterocycles. The van der Waals surface area contributed by atoms with Crippen molar-refractivity contribution in [3.63, 3.8) is 0 Å². The quantitative estimate of drug-likeness (QED) is 0.0979. The number of alkyl halides is 3. The van der Waals surface area contributed by atoms with Gasteiger partial charge in [-0.2, -0.15) is 17.5 Å². The summed E-state index contributed by atoms with van der Waals surface area (Å²) in [4.78, 5) is 33.6. The van der Waals surface area contributed by atoms with Crippen LogP contribution in [-0.2, 0) is 19.6 Å². The van der Waals surface area contributed by atoms with Gasteiger partial charge in [0.05, 0.1) is 47.9 Å². The Balaban J connectivity index is 1.52. The van der Waals surface area contributed by atoms with Crippen LogP contribution in [0.3, 0.4) is 0 Å². The Hall–Kier alpha value is -4.57. The van der Waals surface area contributed by atoms with E-state index in [1.807, 2.05) is 20.8 Å². The highest BCUT2D eigenvalue weighted by Crippen LogP contribution is 2.44. The Bertz CT molecular complexity index is 2090. The minimum absolute atomic E-state index is 0.0340. The second-order valence-corrected chi connectivity index (χ2v) is 17.2. The Morgan fingerprint density at radius 3 is 2.11 bits per heavy atom. The average Bonchev–Trinajstić information content (AvgIpc) is 3.81. The molecule has 0 aliphatic rings. The minimum Gasteiger partial charge on any atom is -0.453 e. The standard InChI is InChI=1S/C39H43F3N4O6S2/c1-38(2,3)19-20-46(54(50,51)27-15-16-29-30(21-27)44-24-43-29)31(23-47)34-18-17-33(53-34)28(39(40,41)42)22-32(48)36(45-37(49)52-4)35(25-11-7-5-8-12-25)26-13-9-6-10-14-26/h5-18,21,24,28,31,35-36,47H,19-20,22-23H2,1-4H3,(H,43,44)(H,45,49)/t28-,31-,36-/m1/s1. The van der Waals surface area contributed by atoms with Crippen molar-refractivity contribution in [2.75, 3.05) is 20.3 Å². The molecule has 0 radical (unpaired) electrons. The van der Waals surface area contributed by atoms with E-state index in [0.717, 1.165) is 11.4 Å². The molecule has 288 valence electrons. The number of aliphatic hydroxyl groups excluding tert-OH is 1. The molecule has 15 heteroatoms. The lowest BCUT2D eigenvalue weighted by Gasteiger charge is -2.32. The zero-order valence-electron chi connectivity index (χ0n) is 30.2. The van der Waals surface area contributed by atoms with Crippen LogP contribution in [0.4, 0.5) is 18.0 Å². The van der Waals surface area contributed by atoms with Crippen LogP contribution in [0, 0.1) is 5.41 Å². The first-order valence-corrected chi connectivity index (χ1v) is 19.5. The van der Waals surface area contributed by atoms with E-state index in [-0.39, 0.29) is 26.6 Å². The molecule has 0 saturated heterocycles. The summed E-state index contributed by atoms with van der Waals surface area (Å²) in [5, 5.41) is 13.2. The van der Waals surface area contributed by atoms with Gasteiger partial charge in [-0.25, -0.2) is 18.2 Å². The van der Waals surface area contributed by atoms with Gasteiger partial charge in [-0.3, -0.25) is 4.79 Å². The SMILES string of the molecule is COC(=O)N[C@H](C(=O)C[C@H](c1ccc([C@@H](CO)N(CCC(C)(C)C)S(=O)(=O)c2ccc3nc[nH]c3c2)s1)C(F)(F)F)C(c1ccccc1)c1ccccc1. The summed E-state index contributed by atoms with van der Waals surface area (Å²) in [5.74, 6) is -4.05. The van der Waals surface area contributed by atoms with Crippen LogP contribution in [0.25, 0.3) is 11.0 Å². The second-order valence-electron chi connectivity index (χ2n) is 14.1. The fourth-order valence-electron chi connectivity index (χ4n) is 6.30. The number of hydrogen-bond donors (Lipinski definition) is 3. The van der Waals surface area contributed by atoms with Crippen LogP contribution < -0.4 is 5.32 Å². The maximum absolute atomic E-state index is 15.0. The number of carbonyl (C=O) groups is 2. The van der Waals surface area contributed by atoms with E-state index in [1.54, 1.807) is 66.7 Å². The summed E-state index contributed by atoms with van der Waals surface area (Å²) in [6.07, 6.45) is -5.11. The van der Waals surface area contributed by atoms with Crippen LogP contribution in [-0.4, -0.2) is 72.2 Å². The van der Waals surface area contributed by atoms with Gasteiger partial charge in [-0.05, 0) is 53.3 Å². The third-order valence-corrected chi connectivity index (χ3v) is 12.4. The van der Waals surface area contributed by atoms with E-state index >= 15 is 0 Å². The summed E-state index contributed by atoms with van der Waals surface area (Å²) in [7, 11) is -3.20. The van der Waals surface area contributed by atoms with Crippen LogP contribution in [0.5, 0.6) is 0 Å². The van der Waals surface area contributed by atoms with Crippen molar-refractivity contribution in [1.82, 2.24) is 19.6 Å². The first kappa shape index (κ1) is 40.6. The molecule has 3 aromatic carbocycles. The number of thiophene rings is 1. The van der Waals surface area contributed by atoms with Gasteiger partial charge < -0.3 is 20.1 Å². The first-order chi connectivity index (χ1) is 25.5. The van der Waals surface area contributed by atoms with Gasteiger partial charge in [0.1, 0.15) is 6.04 Å². The topological polar surface area (TPSA) is 142 Å². The van der Waals surface area contributed by atoms with E-state index in [4.69, 9.17) is 4.74 Å². The molecule has 0 fully saturated rings. The molecule has 3 N–H and O–H groups in total. The van der Waals surface area contributed by atoms with Gasteiger partial charge in [0.25, 0.3) is 0 Å². The van der Waals surface area contributed by atoms with Crippen molar-refractivity contribution in [2.45, 2.75) is 68.6 Å². The minimum atomic E-state index is -4.91. The molecule has 1 amide bonds. The first-order valence-electron chi connectivity index (χ1n) is 17.2. The molecule has 0 unspecified atom stereocenters. The number of hydrogen-bond acceptors (Lipinski definition) is 8. The highest BCUT2D eigenvalue weighted by Gasteiger charge is 2.46. The van der Waals surface area contributed by atoms with Gasteiger partial charge in [-0.1, -0.05) is 81.4 Å². The van der Waals surface area contributed by atoms with Crippen LogP contribution in [0.1, 0.15) is 72.4 Å². The van der Waals surface area contributed by atoms with Crippen LogP contribution in [0.2, 0.25) is 0 Å². The number of aromatic nitrogens is 2. The molecule has 0 saturated carbocycles. The number of rotatable bonds is 15. The fourth-order valence-corrected chi connectivity index (χ4v) is 9.23. The predicted molar refractivity (Wildman–Crippen MR) is 201 cm³/mol. The third kappa shape index (κ3) is 9.56. The van der Waals surface area contributed by atoms with E-state index in [0.29, 0.717) is 39.9 Å². The van der Waals surface area contributed by atoms with Gasteiger partial charge in [0.15, 0.2) is 5.78 Å². The third-order valence-electron chi connectivity index (χ3n) is 9.18. The number of amides is 1. The van der Waals surface area contributed by atoms with Crippen molar-refractivity contribution in [2.24, 2.45) is 5.41 Å². The molecular formula is C39H43F3N4O6S2. The summed E-state index contributed by atoms with van der Waals surface area (Å²) in [6, 6.07) is 21.6. The average molecular weight is 785 g/mol.